The van der Waals surface area contributed by atoms with Crippen LogP contribution in [-0.2, 0) is 0 Å². The number of carboxylic acids is 1. The van der Waals surface area contributed by atoms with Gasteiger partial charge in [-0.1, -0.05) is 0 Å². The number of rotatable bonds is 3. The molecule has 0 amide bonds. The summed E-state index contributed by atoms with van der Waals surface area (Å²) in [5, 5.41) is 9.32. The highest BCUT2D eigenvalue weighted by atomic mass is 32.2. The third kappa shape index (κ3) is 2.84. The van der Waals surface area contributed by atoms with Gasteiger partial charge in [-0.25, -0.2) is 19.2 Å². The molecule has 92 valence electrons. The summed E-state index contributed by atoms with van der Waals surface area (Å²) in [7, 11) is 0. The van der Waals surface area contributed by atoms with Crippen molar-refractivity contribution < 1.29 is 14.3 Å². The first-order chi connectivity index (χ1) is 8.56. The Balaban J connectivity index is 2.30. The van der Waals surface area contributed by atoms with Crippen molar-refractivity contribution >= 4 is 17.7 Å². The van der Waals surface area contributed by atoms with E-state index in [1.54, 1.807) is 12.3 Å². The second kappa shape index (κ2) is 5.14. The number of benzene rings is 1. The third-order valence-corrected chi connectivity index (χ3v) is 3.02. The van der Waals surface area contributed by atoms with Gasteiger partial charge in [0.1, 0.15) is 5.82 Å². The van der Waals surface area contributed by atoms with Gasteiger partial charge in [0.25, 0.3) is 0 Å². The molecule has 0 aliphatic heterocycles. The van der Waals surface area contributed by atoms with Crippen LogP contribution in [0.3, 0.4) is 0 Å². The fraction of sp³-hybridized carbons (Fsp3) is 0.0833. The summed E-state index contributed by atoms with van der Waals surface area (Å²) >= 11 is 1.19. The standard InChI is InChI=1S/C12H9FN2O2S/c1-7-4-5-14-12(15-7)18-8-2-3-10(13)9(6-8)11(16)17/h2-6H,1H3,(H,16,17). The first-order valence-electron chi connectivity index (χ1n) is 5.06. The van der Waals surface area contributed by atoms with Gasteiger partial charge < -0.3 is 5.11 Å². The molecule has 1 N–H and O–H groups in total. The van der Waals surface area contributed by atoms with Crippen LogP contribution in [0.15, 0.2) is 40.5 Å². The molecule has 18 heavy (non-hydrogen) atoms. The minimum absolute atomic E-state index is 0.354. The fourth-order valence-electron chi connectivity index (χ4n) is 1.31. The largest absolute Gasteiger partial charge is 0.478 e. The van der Waals surface area contributed by atoms with E-state index in [-0.39, 0.29) is 5.56 Å². The Morgan fingerprint density at radius 2 is 2.17 bits per heavy atom. The SMILES string of the molecule is Cc1ccnc(Sc2ccc(F)c(C(=O)O)c2)n1. The Hall–Kier alpha value is -1.95. The molecule has 0 bridgehead atoms. The van der Waals surface area contributed by atoms with Crippen molar-refractivity contribution in [3.8, 4) is 0 Å². The van der Waals surface area contributed by atoms with E-state index in [1.807, 2.05) is 6.92 Å². The number of aromatic nitrogens is 2. The van der Waals surface area contributed by atoms with E-state index in [2.05, 4.69) is 9.97 Å². The number of carboxylic acid groups (broad SMARTS) is 1. The fourth-order valence-corrected chi connectivity index (χ4v) is 2.14. The van der Waals surface area contributed by atoms with Gasteiger partial charge in [-0.05, 0) is 43.0 Å². The van der Waals surface area contributed by atoms with Crippen molar-refractivity contribution in [1.29, 1.82) is 0 Å². The predicted octanol–water partition coefficient (Wildman–Crippen LogP) is 2.77. The van der Waals surface area contributed by atoms with Gasteiger partial charge in [0.05, 0.1) is 5.56 Å². The summed E-state index contributed by atoms with van der Waals surface area (Å²) in [6.07, 6.45) is 1.62. The molecule has 0 radical (unpaired) electrons. The van der Waals surface area contributed by atoms with Gasteiger partial charge in [0, 0.05) is 16.8 Å². The average molecular weight is 264 g/mol. The molecule has 0 spiro atoms. The minimum Gasteiger partial charge on any atom is -0.478 e. The van der Waals surface area contributed by atoms with E-state index in [4.69, 9.17) is 5.11 Å². The molecule has 1 aromatic heterocycles. The lowest BCUT2D eigenvalue weighted by Gasteiger charge is -2.03. The van der Waals surface area contributed by atoms with Crippen molar-refractivity contribution in [3.63, 3.8) is 0 Å². The maximum atomic E-state index is 13.2. The Bertz CT molecular complexity index is 604. The van der Waals surface area contributed by atoms with Crippen LogP contribution in [0.25, 0.3) is 0 Å². The summed E-state index contributed by atoms with van der Waals surface area (Å²) < 4.78 is 13.2. The summed E-state index contributed by atoms with van der Waals surface area (Å²) in [6.45, 7) is 1.83. The predicted molar refractivity (Wildman–Crippen MR) is 64.3 cm³/mol. The first-order valence-corrected chi connectivity index (χ1v) is 5.88. The molecule has 0 fully saturated rings. The molecule has 1 heterocycles. The highest BCUT2D eigenvalue weighted by Crippen LogP contribution is 2.26. The molecule has 2 aromatic rings. The molecule has 0 saturated heterocycles. The van der Waals surface area contributed by atoms with E-state index in [0.717, 1.165) is 11.8 Å². The summed E-state index contributed by atoms with van der Waals surface area (Å²) in [5.74, 6) is -2.04. The van der Waals surface area contributed by atoms with Gasteiger partial charge in [0.2, 0.25) is 0 Å². The smallest absolute Gasteiger partial charge is 0.338 e. The highest BCUT2D eigenvalue weighted by Gasteiger charge is 2.11. The molecule has 1 aromatic carbocycles. The van der Waals surface area contributed by atoms with Crippen molar-refractivity contribution in [3.05, 3.63) is 47.5 Å². The molecule has 0 saturated carbocycles. The zero-order valence-electron chi connectivity index (χ0n) is 9.42. The Morgan fingerprint density at radius 3 is 2.83 bits per heavy atom. The zero-order chi connectivity index (χ0) is 13.1. The van der Waals surface area contributed by atoms with Crippen LogP contribution in [0.1, 0.15) is 16.1 Å². The van der Waals surface area contributed by atoms with Gasteiger partial charge in [-0.3, -0.25) is 0 Å². The van der Waals surface area contributed by atoms with Crippen LogP contribution < -0.4 is 0 Å². The summed E-state index contributed by atoms with van der Waals surface area (Å²) in [5.41, 5.74) is 0.459. The highest BCUT2D eigenvalue weighted by molar-refractivity contribution is 7.99. The first kappa shape index (κ1) is 12.5. The number of nitrogens with zero attached hydrogens (tertiary/aromatic N) is 2. The van der Waals surface area contributed by atoms with Crippen LogP contribution in [0.5, 0.6) is 0 Å². The quantitative estimate of drug-likeness (QED) is 0.864. The van der Waals surface area contributed by atoms with E-state index in [9.17, 15) is 9.18 Å². The Morgan fingerprint density at radius 1 is 1.39 bits per heavy atom. The van der Waals surface area contributed by atoms with Gasteiger partial charge in [-0.2, -0.15) is 0 Å². The third-order valence-electron chi connectivity index (χ3n) is 2.15. The van der Waals surface area contributed by atoms with Crippen LogP contribution in [0, 0.1) is 12.7 Å². The molecule has 0 unspecified atom stereocenters. The molecule has 2 rings (SSSR count). The van der Waals surface area contributed by atoms with Crippen molar-refractivity contribution in [2.75, 3.05) is 0 Å². The molecule has 0 atom stereocenters. The van der Waals surface area contributed by atoms with E-state index >= 15 is 0 Å². The summed E-state index contributed by atoms with van der Waals surface area (Å²) in [4.78, 5) is 19.6. The second-order valence-corrected chi connectivity index (χ2v) is 4.57. The monoisotopic (exact) mass is 264 g/mol. The van der Waals surface area contributed by atoms with Gasteiger partial charge >= 0.3 is 5.97 Å². The van der Waals surface area contributed by atoms with Crippen molar-refractivity contribution in [2.24, 2.45) is 0 Å². The number of halogens is 1. The lowest BCUT2D eigenvalue weighted by Crippen LogP contribution is -2.00. The Labute approximate surface area is 107 Å². The number of hydrogen-bond donors (Lipinski definition) is 1. The molecule has 0 aliphatic carbocycles. The molecule has 0 aliphatic rings. The van der Waals surface area contributed by atoms with Gasteiger partial charge in [-0.15, -0.1) is 0 Å². The van der Waals surface area contributed by atoms with Crippen molar-refractivity contribution in [2.45, 2.75) is 17.0 Å². The van der Waals surface area contributed by atoms with Crippen molar-refractivity contribution in [1.82, 2.24) is 9.97 Å². The van der Waals surface area contributed by atoms with Crippen LogP contribution in [-0.4, -0.2) is 21.0 Å². The number of hydrogen-bond acceptors (Lipinski definition) is 4. The number of aryl methyl sites for hydroxylation is 1. The van der Waals surface area contributed by atoms with Gasteiger partial charge in [0.15, 0.2) is 5.16 Å². The van der Waals surface area contributed by atoms with Crippen LogP contribution >= 0.6 is 11.8 Å². The van der Waals surface area contributed by atoms with Crippen LogP contribution in [0.2, 0.25) is 0 Å². The average Bonchev–Trinajstić information content (AvgIpc) is 2.31. The maximum Gasteiger partial charge on any atom is 0.338 e. The normalized spacial score (nSPS) is 10.3. The second-order valence-electron chi connectivity index (χ2n) is 3.53. The minimum atomic E-state index is -1.29. The molecule has 6 heteroatoms. The maximum absolute atomic E-state index is 13.2. The number of aromatic carboxylic acids is 1. The van der Waals surface area contributed by atoms with E-state index < -0.39 is 11.8 Å². The Kier molecular flexibility index (Phi) is 3.57. The molecular weight excluding hydrogens is 255 g/mol. The summed E-state index contributed by atoms with van der Waals surface area (Å²) in [6, 6.07) is 5.66. The zero-order valence-corrected chi connectivity index (χ0v) is 10.2. The number of carbonyl (C=O) groups is 1. The lowest BCUT2D eigenvalue weighted by atomic mass is 10.2. The van der Waals surface area contributed by atoms with Crippen LogP contribution in [0.4, 0.5) is 4.39 Å². The molecule has 4 nitrogen and oxygen atoms in total. The topological polar surface area (TPSA) is 63.1 Å². The van der Waals surface area contributed by atoms with E-state index in [0.29, 0.717) is 10.1 Å². The molecular formula is C12H9FN2O2S. The lowest BCUT2D eigenvalue weighted by molar-refractivity contribution is 0.0691. The van der Waals surface area contributed by atoms with E-state index in [1.165, 1.54) is 23.9 Å².